The van der Waals surface area contributed by atoms with Gasteiger partial charge in [-0.25, -0.2) is 14.8 Å². The largest absolute Gasteiger partial charge is 0.467 e. The van der Waals surface area contributed by atoms with Crippen LogP contribution in [0.1, 0.15) is 0 Å². The summed E-state index contributed by atoms with van der Waals surface area (Å²) in [6.45, 7) is -0.382. The van der Waals surface area contributed by atoms with Crippen LogP contribution in [0, 0.1) is 0 Å². The maximum Gasteiger partial charge on any atom is 0.330 e. The van der Waals surface area contributed by atoms with Gasteiger partial charge in [0.15, 0.2) is 5.65 Å². The molecule has 2 heterocycles. The van der Waals surface area contributed by atoms with Gasteiger partial charge in [0.2, 0.25) is 0 Å². The van der Waals surface area contributed by atoms with Crippen molar-refractivity contribution >= 4 is 23.0 Å². The number of pyridine rings is 1. The van der Waals surface area contributed by atoms with Crippen LogP contribution in [0.3, 0.4) is 0 Å². The molecule has 94 valence electrons. The van der Waals surface area contributed by atoms with Gasteiger partial charge in [0.25, 0.3) is 0 Å². The number of ether oxygens (including phenoxy) is 1. The van der Waals surface area contributed by atoms with Gasteiger partial charge in [0.05, 0.1) is 13.7 Å². The fraction of sp³-hybridized carbons (Fsp3) is 0.273. The topological polar surface area (TPSA) is 97.2 Å². The normalized spacial score (nSPS) is 12.1. The lowest BCUT2D eigenvalue weighted by atomic mass is 10.3. The van der Waals surface area contributed by atoms with Crippen molar-refractivity contribution in [3.8, 4) is 0 Å². The van der Waals surface area contributed by atoms with Crippen LogP contribution in [-0.4, -0.2) is 45.8 Å². The number of rotatable bonds is 4. The number of aliphatic hydroxyl groups excluding tert-OH is 1. The lowest BCUT2D eigenvalue weighted by molar-refractivity contribution is -0.142. The standard InChI is InChI=1S/C11H12N4O3/c1-18-11(17)8(6-16)14-9-3-2-7-10(15-9)13-5-4-12-7/h2-5,8,16H,6H2,1H3,(H,13,14,15). The Balaban J connectivity index is 2.23. The Bertz CT molecular complexity index is 561. The minimum atomic E-state index is -0.850. The smallest absolute Gasteiger partial charge is 0.330 e. The van der Waals surface area contributed by atoms with Gasteiger partial charge in [0.1, 0.15) is 17.4 Å². The van der Waals surface area contributed by atoms with Crippen molar-refractivity contribution in [2.45, 2.75) is 6.04 Å². The van der Waals surface area contributed by atoms with Crippen LogP contribution >= 0.6 is 0 Å². The maximum atomic E-state index is 11.3. The van der Waals surface area contributed by atoms with Gasteiger partial charge in [0, 0.05) is 12.4 Å². The second-order valence-electron chi connectivity index (χ2n) is 3.50. The molecule has 0 radical (unpaired) electrons. The first kappa shape index (κ1) is 12.2. The number of fused-ring (bicyclic) bond motifs is 1. The quantitative estimate of drug-likeness (QED) is 0.733. The van der Waals surface area contributed by atoms with E-state index in [2.05, 4.69) is 25.0 Å². The van der Waals surface area contributed by atoms with E-state index in [4.69, 9.17) is 5.11 Å². The predicted octanol–water partition coefficient (Wildman–Crippen LogP) is -0.0294. The molecule has 2 aromatic rings. The van der Waals surface area contributed by atoms with Crippen LogP contribution in [0.25, 0.3) is 11.2 Å². The Kier molecular flexibility index (Phi) is 3.63. The van der Waals surface area contributed by atoms with Gasteiger partial charge >= 0.3 is 5.97 Å². The van der Waals surface area contributed by atoms with Crippen molar-refractivity contribution in [2.24, 2.45) is 0 Å². The number of nitrogens with one attached hydrogen (secondary N) is 1. The molecule has 7 heteroatoms. The fourth-order valence-corrected chi connectivity index (χ4v) is 1.43. The van der Waals surface area contributed by atoms with Gasteiger partial charge in [-0.2, -0.15) is 0 Å². The van der Waals surface area contributed by atoms with Gasteiger partial charge in [-0.05, 0) is 12.1 Å². The summed E-state index contributed by atoms with van der Waals surface area (Å²) < 4.78 is 4.55. The van der Waals surface area contributed by atoms with E-state index in [1.807, 2.05) is 0 Å². The van der Waals surface area contributed by atoms with Gasteiger partial charge in [-0.1, -0.05) is 0 Å². The number of hydrogen-bond acceptors (Lipinski definition) is 7. The van der Waals surface area contributed by atoms with Crippen LogP contribution in [0.2, 0.25) is 0 Å². The van der Waals surface area contributed by atoms with Crippen molar-refractivity contribution in [3.63, 3.8) is 0 Å². The summed E-state index contributed by atoms with van der Waals surface area (Å²) in [6.07, 6.45) is 3.10. The second kappa shape index (κ2) is 5.37. The first-order valence-electron chi connectivity index (χ1n) is 5.27. The molecule has 0 aliphatic carbocycles. The molecule has 0 spiro atoms. The molecule has 0 aliphatic heterocycles. The Morgan fingerprint density at radius 3 is 2.94 bits per heavy atom. The SMILES string of the molecule is COC(=O)C(CO)Nc1ccc2nccnc2n1. The van der Waals surface area contributed by atoms with Crippen LogP contribution in [0.5, 0.6) is 0 Å². The minimum absolute atomic E-state index is 0.382. The van der Waals surface area contributed by atoms with E-state index in [1.54, 1.807) is 18.3 Å². The molecular weight excluding hydrogens is 236 g/mol. The molecule has 1 unspecified atom stereocenters. The highest BCUT2D eigenvalue weighted by molar-refractivity contribution is 5.79. The zero-order valence-electron chi connectivity index (χ0n) is 9.70. The Morgan fingerprint density at radius 1 is 1.44 bits per heavy atom. The Morgan fingerprint density at radius 2 is 2.22 bits per heavy atom. The highest BCUT2D eigenvalue weighted by Gasteiger charge is 2.18. The summed E-state index contributed by atoms with van der Waals surface area (Å²) in [4.78, 5) is 23.6. The summed E-state index contributed by atoms with van der Waals surface area (Å²) >= 11 is 0. The molecule has 7 nitrogen and oxygen atoms in total. The number of carbonyl (C=O) groups is 1. The molecule has 2 N–H and O–H groups in total. The molecule has 0 aliphatic rings. The summed E-state index contributed by atoms with van der Waals surface area (Å²) in [7, 11) is 1.26. The Hall–Kier alpha value is -2.28. The number of nitrogens with zero attached hydrogens (tertiary/aromatic N) is 3. The van der Waals surface area contributed by atoms with Crippen molar-refractivity contribution in [3.05, 3.63) is 24.5 Å². The number of aromatic nitrogens is 3. The molecule has 0 saturated carbocycles. The first-order valence-corrected chi connectivity index (χ1v) is 5.27. The lowest BCUT2D eigenvalue weighted by Gasteiger charge is -2.14. The average molecular weight is 248 g/mol. The average Bonchev–Trinajstić information content (AvgIpc) is 2.43. The molecule has 2 aromatic heterocycles. The van der Waals surface area contributed by atoms with E-state index in [-0.39, 0.29) is 6.61 Å². The number of methoxy groups -OCH3 is 1. The van der Waals surface area contributed by atoms with E-state index in [1.165, 1.54) is 13.3 Å². The number of hydrogen-bond donors (Lipinski definition) is 2. The van der Waals surface area contributed by atoms with Gasteiger partial charge in [-0.15, -0.1) is 0 Å². The first-order chi connectivity index (χ1) is 8.74. The van der Waals surface area contributed by atoms with Crippen molar-refractivity contribution in [2.75, 3.05) is 19.0 Å². The fourth-order valence-electron chi connectivity index (χ4n) is 1.43. The zero-order valence-corrected chi connectivity index (χ0v) is 9.70. The summed E-state index contributed by atoms with van der Waals surface area (Å²) in [5.74, 6) is -0.133. The molecule has 1 atom stereocenters. The van der Waals surface area contributed by atoms with Crippen LogP contribution in [0.15, 0.2) is 24.5 Å². The third kappa shape index (κ3) is 2.51. The third-order valence-electron chi connectivity index (χ3n) is 2.32. The summed E-state index contributed by atoms with van der Waals surface area (Å²) in [5, 5.41) is 11.9. The van der Waals surface area contributed by atoms with Crippen LogP contribution in [0.4, 0.5) is 5.82 Å². The predicted molar refractivity (Wildman–Crippen MR) is 63.8 cm³/mol. The molecular formula is C11H12N4O3. The number of carbonyl (C=O) groups excluding carboxylic acids is 1. The van der Waals surface area contributed by atoms with E-state index in [9.17, 15) is 4.79 Å². The second-order valence-corrected chi connectivity index (χ2v) is 3.50. The summed E-state index contributed by atoms with van der Waals surface area (Å²) in [5.41, 5.74) is 1.12. The maximum absolute atomic E-state index is 11.3. The highest BCUT2D eigenvalue weighted by atomic mass is 16.5. The van der Waals surface area contributed by atoms with Gasteiger partial charge in [-0.3, -0.25) is 4.98 Å². The van der Waals surface area contributed by atoms with Gasteiger partial charge < -0.3 is 15.2 Å². The monoisotopic (exact) mass is 248 g/mol. The summed E-state index contributed by atoms with van der Waals surface area (Å²) in [6, 6.07) is 2.53. The van der Waals surface area contributed by atoms with E-state index in [0.29, 0.717) is 17.0 Å². The molecule has 0 aromatic carbocycles. The van der Waals surface area contributed by atoms with E-state index in [0.717, 1.165) is 0 Å². The van der Waals surface area contributed by atoms with E-state index >= 15 is 0 Å². The van der Waals surface area contributed by atoms with Crippen molar-refractivity contribution in [1.29, 1.82) is 0 Å². The lowest BCUT2D eigenvalue weighted by Crippen LogP contribution is -2.34. The molecule has 0 bridgehead atoms. The molecule has 0 amide bonds. The third-order valence-corrected chi connectivity index (χ3v) is 2.32. The van der Waals surface area contributed by atoms with Crippen molar-refractivity contribution in [1.82, 2.24) is 15.0 Å². The minimum Gasteiger partial charge on any atom is -0.467 e. The number of aliphatic hydroxyl groups is 1. The zero-order chi connectivity index (χ0) is 13.0. The number of anilines is 1. The van der Waals surface area contributed by atoms with Crippen LogP contribution in [-0.2, 0) is 9.53 Å². The molecule has 18 heavy (non-hydrogen) atoms. The molecule has 0 saturated heterocycles. The highest BCUT2D eigenvalue weighted by Crippen LogP contribution is 2.11. The molecule has 0 fully saturated rings. The van der Waals surface area contributed by atoms with Crippen LogP contribution < -0.4 is 5.32 Å². The molecule has 2 rings (SSSR count). The Labute approximate surface area is 103 Å². The number of esters is 1. The van der Waals surface area contributed by atoms with Crippen molar-refractivity contribution < 1.29 is 14.6 Å². The van der Waals surface area contributed by atoms with E-state index < -0.39 is 12.0 Å².